The van der Waals surface area contributed by atoms with Crippen LogP contribution in [0.5, 0.6) is 17.2 Å². The Bertz CT molecular complexity index is 1370. The standard InChI is InChI=1S/C26H19Cl2NO6S/c1-33-19-8-6-17(7-9-19)25(31)35-23-20(28)11-16(12-21(23)34-2)13-22-24(30)29(26(32)36-22)14-15-4-3-5-18(27)10-15/h3-13H,14H2,1-2H3/b22-13-. The summed E-state index contributed by atoms with van der Waals surface area (Å²) in [6, 6.07) is 16.4. The molecule has 184 valence electrons. The molecule has 1 aliphatic heterocycles. The number of esters is 1. The van der Waals surface area contributed by atoms with Gasteiger partial charge in [0.15, 0.2) is 11.5 Å². The van der Waals surface area contributed by atoms with E-state index in [0.29, 0.717) is 21.9 Å². The molecular formula is C26H19Cl2NO6S. The van der Waals surface area contributed by atoms with E-state index in [0.717, 1.165) is 22.2 Å². The van der Waals surface area contributed by atoms with Crippen molar-refractivity contribution in [3.63, 3.8) is 0 Å². The number of methoxy groups -OCH3 is 2. The third-order valence-electron chi connectivity index (χ3n) is 5.17. The predicted octanol–water partition coefficient (Wildman–Crippen LogP) is 6.47. The van der Waals surface area contributed by atoms with Crippen molar-refractivity contribution in [2.24, 2.45) is 0 Å². The molecule has 3 aromatic carbocycles. The molecule has 0 N–H and O–H groups in total. The van der Waals surface area contributed by atoms with Gasteiger partial charge in [-0.1, -0.05) is 35.3 Å². The number of hydrogen-bond donors (Lipinski definition) is 0. The Morgan fingerprint density at radius 1 is 1.00 bits per heavy atom. The fourth-order valence-electron chi connectivity index (χ4n) is 3.41. The van der Waals surface area contributed by atoms with Crippen molar-refractivity contribution >= 4 is 58.2 Å². The van der Waals surface area contributed by atoms with Gasteiger partial charge in [-0.25, -0.2) is 4.79 Å². The first-order valence-electron chi connectivity index (χ1n) is 10.5. The molecule has 7 nitrogen and oxygen atoms in total. The fourth-order valence-corrected chi connectivity index (χ4v) is 4.72. The van der Waals surface area contributed by atoms with Gasteiger partial charge in [-0.3, -0.25) is 14.5 Å². The van der Waals surface area contributed by atoms with Crippen molar-refractivity contribution in [3.8, 4) is 17.2 Å². The largest absolute Gasteiger partial charge is 0.497 e. The van der Waals surface area contributed by atoms with E-state index in [9.17, 15) is 14.4 Å². The van der Waals surface area contributed by atoms with Crippen LogP contribution in [0.25, 0.3) is 6.08 Å². The molecule has 0 saturated carbocycles. The third-order valence-corrected chi connectivity index (χ3v) is 6.60. The summed E-state index contributed by atoms with van der Waals surface area (Å²) in [5.41, 5.74) is 1.53. The van der Waals surface area contributed by atoms with Crippen molar-refractivity contribution in [3.05, 3.63) is 92.3 Å². The third kappa shape index (κ3) is 5.67. The molecule has 0 aromatic heterocycles. The molecule has 0 radical (unpaired) electrons. The van der Waals surface area contributed by atoms with E-state index < -0.39 is 17.1 Å². The predicted molar refractivity (Wildman–Crippen MR) is 139 cm³/mol. The molecule has 36 heavy (non-hydrogen) atoms. The van der Waals surface area contributed by atoms with Crippen molar-refractivity contribution in [2.45, 2.75) is 6.54 Å². The van der Waals surface area contributed by atoms with E-state index in [-0.39, 0.29) is 28.0 Å². The van der Waals surface area contributed by atoms with Gasteiger partial charge < -0.3 is 14.2 Å². The van der Waals surface area contributed by atoms with Crippen LogP contribution >= 0.6 is 35.0 Å². The number of imide groups is 1. The monoisotopic (exact) mass is 543 g/mol. The lowest BCUT2D eigenvalue weighted by atomic mass is 10.1. The lowest BCUT2D eigenvalue weighted by molar-refractivity contribution is -0.123. The normalized spacial score (nSPS) is 14.3. The van der Waals surface area contributed by atoms with Gasteiger partial charge in [0.2, 0.25) is 0 Å². The maximum Gasteiger partial charge on any atom is 0.343 e. The van der Waals surface area contributed by atoms with Crippen LogP contribution in [0.2, 0.25) is 10.0 Å². The minimum absolute atomic E-state index is 0.0335. The molecule has 0 atom stereocenters. The average Bonchev–Trinajstić information content (AvgIpc) is 3.12. The Hall–Kier alpha value is -3.46. The summed E-state index contributed by atoms with van der Waals surface area (Å²) in [4.78, 5) is 39.4. The number of carbonyl (C=O) groups is 3. The Labute approximate surface area is 221 Å². The van der Waals surface area contributed by atoms with Crippen molar-refractivity contribution in [1.29, 1.82) is 0 Å². The van der Waals surface area contributed by atoms with Crippen molar-refractivity contribution in [2.75, 3.05) is 14.2 Å². The van der Waals surface area contributed by atoms with Gasteiger partial charge in [-0.15, -0.1) is 0 Å². The van der Waals surface area contributed by atoms with E-state index in [1.807, 2.05) is 0 Å². The SMILES string of the molecule is COc1ccc(C(=O)Oc2c(Cl)cc(/C=C3\SC(=O)N(Cc4cccc(Cl)c4)C3=O)cc2OC)cc1. The molecular weight excluding hydrogens is 525 g/mol. The van der Waals surface area contributed by atoms with Crippen molar-refractivity contribution in [1.82, 2.24) is 4.90 Å². The Morgan fingerprint density at radius 3 is 2.42 bits per heavy atom. The molecule has 0 bridgehead atoms. The minimum atomic E-state index is -0.632. The number of thioether (sulfide) groups is 1. The van der Waals surface area contributed by atoms with E-state index in [1.54, 1.807) is 54.6 Å². The lowest BCUT2D eigenvalue weighted by Gasteiger charge is -2.13. The number of benzene rings is 3. The van der Waals surface area contributed by atoms with Crippen LogP contribution in [0.15, 0.2) is 65.6 Å². The molecule has 1 fully saturated rings. The maximum absolute atomic E-state index is 12.9. The highest BCUT2D eigenvalue weighted by Gasteiger charge is 2.35. The summed E-state index contributed by atoms with van der Waals surface area (Å²) >= 11 is 13.2. The highest BCUT2D eigenvalue weighted by atomic mass is 35.5. The van der Waals surface area contributed by atoms with Gasteiger partial charge in [-0.2, -0.15) is 0 Å². The second-order valence-electron chi connectivity index (χ2n) is 7.55. The summed E-state index contributed by atoms with van der Waals surface area (Å²) in [6.07, 6.45) is 1.53. The highest BCUT2D eigenvalue weighted by Crippen LogP contribution is 2.39. The molecule has 0 spiro atoms. The molecule has 3 aromatic rings. The average molecular weight is 544 g/mol. The summed E-state index contributed by atoms with van der Waals surface area (Å²) in [5.74, 6) is -0.244. The summed E-state index contributed by atoms with van der Waals surface area (Å²) in [7, 11) is 2.93. The van der Waals surface area contributed by atoms with Crippen LogP contribution < -0.4 is 14.2 Å². The maximum atomic E-state index is 12.9. The molecule has 4 rings (SSSR count). The number of hydrogen-bond acceptors (Lipinski definition) is 7. The van der Waals surface area contributed by atoms with Crippen LogP contribution in [0.4, 0.5) is 4.79 Å². The van der Waals surface area contributed by atoms with E-state index >= 15 is 0 Å². The quantitative estimate of drug-likeness (QED) is 0.192. The molecule has 2 amide bonds. The van der Waals surface area contributed by atoms with E-state index in [2.05, 4.69) is 0 Å². The van der Waals surface area contributed by atoms with Crippen LogP contribution in [0.1, 0.15) is 21.5 Å². The topological polar surface area (TPSA) is 82.1 Å². The van der Waals surface area contributed by atoms with Gasteiger partial charge >= 0.3 is 5.97 Å². The fraction of sp³-hybridized carbons (Fsp3) is 0.115. The summed E-state index contributed by atoms with van der Waals surface area (Å²) in [6.45, 7) is 0.104. The van der Waals surface area contributed by atoms with Crippen molar-refractivity contribution < 1.29 is 28.6 Å². The number of carbonyl (C=O) groups excluding carboxylic acids is 3. The smallest absolute Gasteiger partial charge is 0.343 e. The molecule has 1 heterocycles. The minimum Gasteiger partial charge on any atom is -0.497 e. The molecule has 0 unspecified atom stereocenters. The lowest BCUT2D eigenvalue weighted by Crippen LogP contribution is -2.27. The Balaban J connectivity index is 1.55. The van der Waals surface area contributed by atoms with Crippen LogP contribution in [-0.2, 0) is 11.3 Å². The highest BCUT2D eigenvalue weighted by molar-refractivity contribution is 8.18. The zero-order valence-corrected chi connectivity index (χ0v) is 21.4. The van der Waals surface area contributed by atoms with Gasteiger partial charge in [0.25, 0.3) is 11.1 Å². The second-order valence-corrected chi connectivity index (χ2v) is 9.39. The second kappa shape index (κ2) is 11.1. The molecule has 10 heteroatoms. The number of amides is 2. The Morgan fingerprint density at radius 2 is 1.75 bits per heavy atom. The van der Waals surface area contributed by atoms with Crippen LogP contribution in [0, 0.1) is 0 Å². The van der Waals surface area contributed by atoms with Gasteiger partial charge in [0, 0.05) is 5.02 Å². The molecule has 1 saturated heterocycles. The summed E-state index contributed by atoms with van der Waals surface area (Å²) < 4.78 is 15.9. The first-order valence-corrected chi connectivity index (χ1v) is 12.1. The molecule has 1 aliphatic rings. The van der Waals surface area contributed by atoms with Gasteiger partial charge in [-0.05, 0) is 77.5 Å². The zero-order valence-electron chi connectivity index (χ0n) is 19.1. The summed E-state index contributed by atoms with van der Waals surface area (Å²) in [5, 5.41) is 0.222. The number of rotatable bonds is 7. The van der Waals surface area contributed by atoms with Gasteiger partial charge in [0.05, 0.1) is 36.3 Å². The number of halogens is 2. The number of ether oxygens (including phenoxy) is 3. The van der Waals surface area contributed by atoms with Gasteiger partial charge in [0.1, 0.15) is 5.75 Å². The van der Waals surface area contributed by atoms with E-state index in [1.165, 1.54) is 26.4 Å². The Kier molecular flexibility index (Phi) is 7.88. The number of nitrogens with zero attached hydrogens (tertiary/aromatic N) is 1. The van der Waals surface area contributed by atoms with E-state index in [4.69, 9.17) is 37.4 Å². The zero-order chi connectivity index (χ0) is 25.8. The van der Waals surface area contributed by atoms with Crippen LogP contribution in [-0.4, -0.2) is 36.2 Å². The first kappa shape index (κ1) is 25.6. The van der Waals surface area contributed by atoms with Crippen LogP contribution in [0.3, 0.4) is 0 Å². The molecule has 0 aliphatic carbocycles. The first-order chi connectivity index (χ1) is 17.3.